The molecule has 23 heavy (non-hydrogen) atoms. The molecular weight excluding hydrogens is 320 g/mol. The molecule has 0 radical (unpaired) electrons. The SMILES string of the molecule is OCC1O[C@@H](OC2C(O)C(O)C(O)C(O)C2O)C(O)C(O)[C@@H]1O. The topological polar surface area (TPSA) is 201 Å². The van der Waals surface area contributed by atoms with E-state index in [9.17, 15) is 40.9 Å². The molecule has 2 aliphatic rings. The maximum atomic E-state index is 9.85. The van der Waals surface area contributed by atoms with Crippen LogP contribution in [0.5, 0.6) is 0 Å². The second kappa shape index (κ2) is 7.21. The number of rotatable bonds is 3. The van der Waals surface area contributed by atoms with Gasteiger partial charge in [-0.2, -0.15) is 0 Å². The standard InChI is InChI=1S/C12H22O11/c13-1-2-3(14)4(15)10(21)12(22-2)23-11-8(19)6(17)5(16)7(18)9(11)20/h2-21H,1H2/t2?,3-,4?,5?,6?,7?,8?,9?,10?,11?,12+/m1/s1. The van der Waals surface area contributed by atoms with Gasteiger partial charge in [0.15, 0.2) is 6.29 Å². The van der Waals surface area contributed by atoms with Crippen LogP contribution in [0, 0.1) is 0 Å². The number of aliphatic hydroxyl groups excluding tert-OH is 9. The molecule has 9 atom stereocenters. The van der Waals surface area contributed by atoms with Gasteiger partial charge in [-0.25, -0.2) is 0 Å². The number of aliphatic hydroxyl groups is 9. The zero-order valence-corrected chi connectivity index (χ0v) is 11.9. The summed E-state index contributed by atoms with van der Waals surface area (Å²) in [6.45, 7) is -0.704. The maximum Gasteiger partial charge on any atom is 0.187 e. The third-order valence-corrected chi connectivity index (χ3v) is 4.21. The molecule has 0 aromatic carbocycles. The fraction of sp³-hybridized carbons (Fsp3) is 1.00. The van der Waals surface area contributed by atoms with Crippen LogP contribution in [-0.2, 0) is 9.47 Å². The van der Waals surface area contributed by atoms with E-state index in [0.29, 0.717) is 0 Å². The Labute approximate surface area is 130 Å². The van der Waals surface area contributed by atoms with Crippen LogP contribution in [0.15, 0.2) is 0 Å². The minimum absolute atomic E-state index is 0.704. The summed E-state index contributed by atoms with van der Waals surface area (Å²) < 4.78 is 10.2. The summed E-state index contributed by atoms with van der Waals surface area (Å²) in [7, 11) is 0. The van der Waals surface area contributed by atoms with Crippen molar-refractivity contribution >= 4 is 0 Å². The first-order valence-corrected chi connectivity index (χ1v) is 7.07. The largest absolute Gasteiger partial charge is 0.394 e. The third-order valence-electron chi connectivity index (χ3n) is 4.21. The number of ether oxygens (including phenoxy) is 2. The first-order chi connectivity index (χ1) is 10.7. The zero-order chi connectivity index (χ0) is 17.5. The second-order valence-electron chi connectivity index (χ2n) is 5.75. The normalized spacial score (nSPS) is 54.9. The number of hydrogen-bond donors (Lipinski definition) is 9. The lowest BCUT2D eigenvalue weighted by Gasteiger charge is -2.45. The Morgan fingerprint density at radius 1 is 0.609 bits per heavy atom. The van der Waals surface area contributed by atoms with Gasteiger partial charge in [0.25, 0.3) is 0 Å². The second-order valence-corrected chi connectivity index (χ2v) is 5.75. The molecule has 2 rings (SSSR count). The summed E-state index contributed by atoms with van der Waals surface area (Å²) >= 11 is 0. The minimum Gasteiger partial charge on any atom is -0.394 e. The fourth-order valence-electron chi connectivity index (χ4n) is 2.69. The summed E-state index contributed by atoms with van der Waals surface area (Å²) in [6, 6.07) is 0. The van der Waals surface area contributed by atoms with E-state index < -0.39 is 73.9 Å². The van der Waals surface area contributed by atoms with Crippen LogP contribution in [0.25, 0.3) is 0 Å². The van der Waals surface area contributed by atoms with E-state index in [1.165, 1.54) is 0 Å². The molecule has 0 aromatic heterocycles. The highest BCUT2D eigenvalue weighted by atomic mass is 16.7. The van der Waals surface area contributed by atoms with Crippen molar-refractivity contribution in [2.75, 3.05) is 6.61 Å². The molecule has 1 aliphatic heterocycles. The smallest absolute Gasteiger partial charge is 0.187 e. The summed E-state index contributed by atoms with van der Waals surface area (Å²) in [5.74, 6) is 0. The molecule has 11 nitrogen and oxygen atoms in total. The van der Waals surface area contributed by atoms with Crippen molar-refractivity contribution in [1.29, 1.82) is 0 Å². The van der Waals surface area contributed by atoms with Crippen molar-refractivity contribution in [3.05, 3.63) is 0 Å². The van der Waals surface area contributed by atoms with E-state index in [-0.39, 0.29) is 0 Å². The van der Waals surface area contributed by atoms with E-state index in [1.54, 1.807) is 0 Å². The molecule has 11 heteroatoms. The van der Waals surface area contributed by atoms with Gasteiger partial charge in [-0.15, -0.1) is 0 Å². The molecule has 9 N–H and O–H groups in total. The Kier molecular flexibility index (Phi) is 5.92. The van der Waals surface area contributed by atoms with Crippen molar-refractivity contribution in [2.24, 2.45) is 0 Å². The molecule has 0 spiro atoms. The Bertz CT molecular complexity index is 377. The average Bonchev–Trinajstić information content (AvgIpc) is 2.54. The molecule has 0 aromatic rings. The first kappa shape index (κ1) is 18.9. The third kappa shape index (κ3) is 3.36. The molecule has 1 saturated heterocycles. The number of hydrogen-bond acceptors (Lipinski definition) is 11. The highest BCUT2D eigenvalue weighted by molar-refractivity contribution is 5.00. The van der Waals surface area contributed by atoms with E-state index >= 15 is 0 Å². The van der Waals surface area contributed by atoms with Gasteiger partial charge in [-0.3, -0.25) is 0 Å². The predicted molar refractivity (Wildman–Crippen MR) is 68.7 cm³/mol. The van der Waals surface area contributed by atoms with Gasteiger partial charge < -0.3 is 55.4 Å². The zero-order valence-electron chi connectivity index (χ0n) is 11.9. The summed E-state index contributed by atoms with van der Waals surface area (Å²) in [6.07, 6.45) is -18.9. The highest BCUT2D eigenvalue weighted by Gasteiger charge is 2.52. The lowest BCUT2D eigenvalue weighted by atomic mass is 9.84. The van der Waals surface area contributed by atoms with Crippen LogP contribution in [0.3, 0.4) is 0 Å². The molecule has 7 unspecified atom stereocenters. The lowest BCUT2D eigenvalue weighted by molar-refractivity contribution is -0.339. The van der Waals surface area contributed by atoms with Crippen molar-refractivity contribution in [3.63, 3.8) is 0 Å². The van der Waals surface area contributed by atoms with Crippen LogP contribution >= 0.6 is 0 Å². The Morgan fingerprint density at radius 2 is 1.04 bits per heavy atom. The molecule has 136 valence electrons. The van der Waals surface area contributed by atoms with E-state index in [1.807, 2.05) is 0 Å². The molecule has 0 amide bonds. The maximum absolute atomic E-state index is 9.85. The van der Waals surface area contributed by atoms with Gasteiger partial charge >= 0.3 is 0 Å². The van der Waals surface area contributed by atoms with Gasteiger partial charge in [0, 0.05) is 0 Å². The quantitative estimate of drug-likeness (QED) is 0.236. The van der Waals surface area contributed by atoms with Crippen LogP contribution in [0.4, 0.5) is 0 Å². The van der Waals surface area contributed by atoms with Crippen LogP contribution in [0.1, 0.15) is 0 Å². The van der Waals surface area contributed by atoms with Crippen molar-refractivity contribution in [2.45, 2.75) is 67.3 Å². The molecule has 1 saturated carbocycles. The van der Waals surface area contributed by atoms with Gasteiger partial charge in [0.2, 0.25) is 0 Å². The van der Waals surface area contributed by atoms with Crippen LogP contribution in [-0.4, -0.2) is 120 Å². The van der Waals surface area contributed by atoms with Crippen LogP contribution in [0.2, 0.25) is 0 Å². The molecule has 0 bridgehead atoms. The fourth-order valence-corrected chi connectivity index (χ4v) is 2.69. The van der Waals surface area contributed by atoms with Crippen molar-refractivity contribution < 1.29 is 55.4 Å². The monoisotopic (exact) mass is 342 g/mol. The minimum atomic E-state index is -1.83. The molecule has 1 heterocycles. The van der Waals surface area contributed by atoms with Gasteiger partial charge in [0.1, 0.15) is 61.0 Å². The lowest BCUT2D eigenvalue weighted by Crippen LogP contribution is -2.67. The highest BCUT2D eigenvalue weighted by Crippen LogP contribution is 2.29. The summed E-state index contributed by atoms with van der Waals surface area (Å²) in [4.78, 5) is 0. The average molecular weight is 342 g/mol. The van der Waals surface area contributed by atoms with Crippen molar-refractivity contribution in [1.82, 2.24) is 0 Å². The predicted octanol–water partition coefficient (Wildman–Crippen LogP) is -6.01. The summed E-state index contributed by atoms with van der Waals surface area (Å²) in [5.41, 5.74) is 0. The molecule has 2 fully saturated rings. The first-order valence-electron chi connectivity index (χ1n) is 7.07. The van der Waals surface area contributed by atoms with Crippen LogP contribution < -0.4 is 0 Å². The molecule has 1 aliphatic carbocycles. The van der Waals surface area contributed by atoms with Gasteiger partial charge in [0.05, 0.1) is 6.61 Å². The Balaban J connectivity index is 2.13. The van der Waals surface area contributed by atoms with Gasteiger partial charge in [-0.05, 0) is 0 Å². The van der Waals surface area contributed by atoms with Gasteiger partial charge in [-0.1, -0.05) is 0 Å². The van der Waals surface area contributed by atoms with Crippen molar-refractivity contribution in [3.8, 4) is 0 Å². The Morgan fingerprint density at radius 3 is 1.52 bits per heavy atom. The Hall–Kier alpha value is -0.440. The molecular formula is C12H22O11. The van der Waals surface area contributed by atoms with E-state index in [0.717, 1.165) is 0 Å². The van der Waals surface area contributed by atoms with E-state index in [2.05, 4.69) is 0 Å². The summed E-state index contributed by atoms with van der Waals surface area (Å²) in [5, 5.41) is 86.6. The van der Waals surface area contributed by atoms with E-state index in [4.69, 9.17) is 14.6 Å².